The number of pyridine rings is 1. The maximum Gasteiger partial charge on any atom is 0.237 e. The zero-order valence-corrected chi connectivity index (χ0v) is 10.1. The van der Waals surface area contributed by atoms with Gasteiger partial charge in [0.25, 0.3) is 0 Å². The second-order valence-electron chi connectivity index (χ2n) is 3.62. The first-order valence-corrected chi connectivity index (χ1v) is 7.11. The molecule has 8 heteroatoms. The highest BCUT2D eigenvalue weighted by Crippen LogP contribution is 2.25. The lowest BCUT2D eigenvalue weighted by molar-refractivity contribution is -0.117. The van der Waals surface area contributed by atoms with E-state index in [1.165, 1.54) is 12.1 Å². The van der Waals surface area contributed by atoms with E-state index in [1.54, 1.807) is 0 Å². The van der Waals surface area contributed by atoms with Crippen LogP contribution in [0, 0.1) is 5.95 Å². The topological polar surface area (TPSA) is 67.3 Å². The van der Waals surface area contributed by atoms with Gasteiger partial charge in [-0.25, -0.2) is 13.4 Å². The molecule has 1 fully saturated rings. The number of halogens is 2. The third-order valence-corrected chi connectivity index (χ3v) is 4.33. The maximum atomic E-state index is 12.9. The highest BCUT2D eigenvalue weighted by atomic mass is 35.7. The molecule has 1 amide bonds. The number of nitrogens with zero attached hydrogens (tertiary/aromatic N) is 2. The van der Waals surface area contributed by atoms with Crippen molar-refractivity contribution in [1.29, 1.82) is 0 Å². The van der Waals surface area contributed by atoms with Crippen molar-refractivity contribution in [3.8, 4) is 0 Å². The summed E-state index contributed by atoms with van der Waals surface area (Å²) in [6.45, 7) is -0.0961. The molecule has 1 saturated heterocycles. The molecule has 0 spiro atoms. The molecule has 1 atom stereocenters. The molecule has 0 N–H and O–H groups in total. The van der Waals surface area contributed by atoms with Crippen molar-refractivity contribution in [1.82, 2.24) is 4.98 Å². The van der Waals surface area contributed by atoms with Crippen LogP contribution in [0.15, 0.2) is 18.2 Å². The van der Waals surface area contributed by atoms with E-state index in [4.69, 9.17) is 10.7 Å². The first-order valence-electron chi connectivity index (χ1n) is 4.74. The Bertz CT molecular complexity index is 563. The molecule has 2 heterocycles. The molecule has 0 saturated carbocycles. The summed E-state index contributed by atoms with van der Waals surface area (Å²) in [7, 11) is 1.39. The van der Waals surface area contributed by atoms with Crippen LogP contribution in [0.5, 0.6) is 0 Å². The van der Waals surface area contributed by atoms with Gasteiger partial charge in [0.2, 0.25) is 20.9 Å². The Morgan fingerprint density at radius 3 is 2.71 bits per heavy atom. The fraction of sp³-hybridized carbons (Fsp3) is 0.333. The highest BCUT2D eigenvalue weighted by Gasteiger charge is 2.38. The monoisotopic (exact) mass is 278 g/mol. The fourth-order valence-corrected chi connectivity index (χ4v) is 2.66. The smallest absolute Gasteiger partial charge is 0.237 e. The Morgan fingerprint density at radius 2 is 2.18 bits per heavy atom. The van der Waals surface area contributed by atoms with Crippen LogP contribution in [0.25, 0.3) is 0 Å². The molecule has 1 aromatic heterocycles. The third kappa shape index (κ3) is 2.55. The van der Waals surface area contributed by atoms with Crippen molar-refractivity contribution in [3.63, 3.8) is 0 Å². The average Bonchev–Trinajstić information content (AvgIpc) is 2.60. The molecule has 0 radical (unpaired) electrons. The summed E-state index contributed by atoms with van der Waals surface area (Å²) in [5.74, 6) is -1.07. The number of carbonyl (C=O) groups excluding carboxylic acids is 1. The lowest BCUT2D eigenvalue weighted by Gasteiger charge is -2.14. The second kappa shape index (κ2) is 4.23. The van der Waals surface area contributed by atoms with E-state index < -0.39 is 26.2 Å². The number of hydrogen-bond donors (Lipinski definition) is 0. The molecule has 1 aromatic rings. The fourth-order valence-electron chi connectivity index (χ4n) is 1.63. The Balaban J connectivity index is 2.28. The summed E-state index contributed by atoms with van der Waals surface area (Å²) in [4.78, 5) is 16.2. The summed E-state index contributed by atoms with van der Waals surface area (Å²) in [5, 5.41) is -0.971. The molecule has 1 aliphatic rings. The van der Waals surface area contributed by atoms with E-state index in [1.807, 2.05) is 0 Å². The van der Waals surface area contributed by atoms with Gasteiger partial charge in [0.05, 0.1) is 0 Å². The molecule has 1 aliphatic heterocycles. The summed E-state index contributed by atoms with van der Waals surface area (Å²) in [6.07, 6.45) is -0.204. The molecule has 17 heavy (non-hydrogen) atoms. The Hall–Kier alpha value is -1.21. The molecule has 0 bridgehead atoms. The van der Waals surface area contributed by atoms with Crippen molar-refractivity contribution < 1.29 is 17.6 Å². The molecule has 5 nitrogen and oxygen atoms in total. The number of hydrogen-bond acceptors (Lipinski definition) is 4. The van der Waals surface area contributed by atoms with Crippen LogP contribution < -0.4 is 4.90 Å². The standard InChI is InChI=1S/C9H8ClFN2O3S/c10-17(15,16)6-4-9(14)13(5-6)8-3-1-2-7(11)12-8/h1-3,6H,4-5H2. The molecular formula is C9H8ClFN2O3S. The lowest BCUT2D eigenvalue weighted by Crippen LogP contribution is -2.27. The second-order valence-corrected chi connectivity index (χ2v) is 6.53. The molecule has 2 rings (SSSR count). The Labute approximate surface area is 102 Å². The molecule has 0 aliphatic carbocycles. The van der Waals surface area contributed by atoms with Crippen LogP contribution in [-0.2, 0) is 13.8 Å². The summed E-state index contributed by atoms with van der Waals surface area (Å²) in [5.41, 5.74) is 0. The Morgan fingerprint density at radius 1 is 1.47 bits per heavy atom. The Kier molecular flexibility index (Phi) is 3.05. The number of anilines is 1. The summed E-state index contributed by atoms with van der Waals surface area (Å²) < 4.78 is 35.1. The lowest BCUT2D eigenvalue weighted by atomic mass is 10.4. The SMILES string of the molecule is O=C1CC(S(=O)(=O)Cl)CN1c1cccc(F)n1. The van der Waals surface area contributed by atoms with Gasteiger partial charge in [0.1, 0.15) is 11.1 Å². The zero-order chi connectivity index (χ0) is 12.6. The maximum absolute atomic E-state index is 12.9. The van der Waals surface area contributed by atoms with Crippen LogP contribution in [0.1, 0.15) is 6.42 Å². The average molecular weight is 279 g/mol. The number of amides is 1. The van der Waals surface area contributed by atoms with Crippen LogP contribution in [-0.4, -0.2) is 31.1 Å². The van der Waals surface area contributed by atoms with Crippen LogP contribution >= 0.6 is 10.7 Å². The van der Waals surface area contributed by atoms with Crippen molar-refractivity contribution in [2.45, 2.75) is 11.7 Å². The van der Waals surface area contributed by atoms with Crippen LogP contribution in [0.3, 0.4) is 0 Å². The summed E-state index contributed by atoms with van der Waals surface area (Å²) in [6, 6.07) is 3.97. The minimum absolute atomic E-state index is 0.0952. The zero-order valence-electron chi connectivity index (χ0n) is 8.51. The highest BCUT2D eigenvalue weighted by molar-refractivity contribution is 8.14. The largest absolute Gasteiger partial charge is 0.295 e. The van der Waals surface area contributed by atoms with E-state index in [9.17, 15) is 17.6 Å². The van der Waals surface area contributed by atoms with Crippen molar-refractivity contribution >= 4 is 31.5 Å². The third-order valence-electron chi connectivity index (χ3n) is 2.46. The van der Waals surface area contributed by atoms with Gasteiger partial charge in [-0.3, -0.25) is 9.69 Å². The quantitative estimate of drug-likeness (QED) is 0.595. The predicted octanol–water partition coefficient (Wildman–Crippen LogP) is 0.895. The first-order chi connectivity index (χ1) is 7.88. The normalized spacial score (nSPS) is 20.9. The molecule has 0 aromatic carbocycles. The van der Waals surface area contributed by atoms with Gasteiger partial charge >= 0.3 is 0 Å². The van der Waals surface area contributed by atoms with E-state index in [2.05, 4.69) is 4.98 Å². The van der Waals surface area contributed by atoms with Gasteiger partial charge in [-0.15, -0.1) is 0 Å². The van der Waals surface area contributed by atoms with E-state index >= 15 is 0 Å². The molecule has 1 unspecified atom stereocenters. The van der Waals surface area contributed by atoms with E-state index in [-0.39, 0.29) is 18.8 Å². The van der Waals surface area contributed by atoms with Gasteiger partial charge in [-0.05, 0) is 12.1 Å². The van der Waals surface area contributed by atoms with E-state index in [0.29, 0.717) is 0 Å². The number of carbonyl (C=O) groups is 1. The van der Waals surface area contributed by atoms with Gasteiger partial charge in [-0.2, -0.15) is 4.39 Å². The minimum Gasteiger partial charge on any atom is -0.295 e. The van der Waals surface area contributed by atoms with Crippen LogP contribution in [0.2, 0.25) is 0 Å². The first kappa shape index (κ1) is 12.3. The number of rotatable bonds is 2. The van der Waals surface area contributed by atoms with Gasteiger partial charge in [-0.1, -0.05) is 6.07 Å². The molecular weight excluding hydrogens is 271 g/mol. The van der Waals surface area contributed by atoms with E-state index in [0.717, 1.165) is 11.0 Å². The van der Waals surface area contributed by atoms with Gasteiger partial charge in [0.15, 0.2) is 0 Å². The van der Waals surface area contributed by atoms with Crippen molar-refractivity contribution in [2.24, 2.45) is 0 Å². The van der Waals surface area contributed by atoms with Gasteiger partial charge in [0, 0.05) is 23.6 Å². The summed E-state index contributed by atoms with van der Waals surface area (Å²) >= 11 is 0. The minimum atomic E-state index is -3.80. The van der Waals surface area contributed by atoms with Crippen LogP contribution in [0.4, 0.5) is 10.2 Å². The van der Waals surface area contributed by atoms with Crippen molar-refractivity contribution in [2.75, 3.05) is 11.4 Å². The van der Waals surface area contributed by atoms with Gasteiger partial charge < -0.3 is 0 Å². The predicted molar refractivity (Wildman–Crippen MR) is 59.7 cm³/mol. The molecule has 92 valence electrons. The van der Waals surface area contributed by atoms with Crippen molar-refractivity contribution in [3.05, 3.63) is 24.1 Å². The number of aromatic nitrogens is 1.